The van der Waals surface area contributed by atoms with Crippen LogP contribution in [0.5, 0.6) is 0 Å². The Labute approximate surface area is 140 Å². The number of fused-ring (bicyclic) bond motifs is 1. The Hall–Kier alpha value is -2.23. The van der Waals surface area contributed by atoms with Crippen LogP contribution in [0.3, 0.4) is 0 Å². The molecule has 0 aromatic heterocycles. The fourth-order valence-corrected chi connectivity index (χ4v) is 2.98. The van der Waals surface area contributed by atoms with Gasteiger partial charge in [0, 0.05) is 18.5 Å². The van der Waals surface area contributed by atoms with Crippen LogP contribution < -0.4 is 0 Å². The molecule has 1 aliphatic heterocycles. The summed E-state index contributed by atoms with van der Waals surface area (Å²) in [5.74, 6) is -3.08. The molecule has 2 aromatic carbocycles. The average molecular weight is 329 g/mol. The zero-order valence-electron chi connectivity index (χ0n) is 13.8. The minimum absolute atomic E-state index is 0.116. The van der Waals surface area contributed by atoms with Crippen molar-refractivity contribution in [1.29, 1.82) is 0 Å². The molecule has 0 atom stereocenters. The van der Waals surface area contributed by atoms with Crippen LogP contribution in [-0.4, -0.2) is 29.8 Å². The number of hydrogen-bond acceptors (Lipinski definition) is 1. The Morgan fingerprint density at radius 1 is 1.21 bits per heavy atom. The SMILES string of the molecule is CCC/C=C/c1ccc2cc(C(=O)N3CCC(F)(F)C3)ccc2c1. The lowest BCUT2D eigenvalue weighted by Crippen LogP contribution is -2.31. The van der Waals surface area contributed by atoms with E-state index in [0.717, 1.165) is 29.2 Å². The minimum Gasteiger partial charge on any atom is -0.332 e. The number of allylic oxidation sites excluding steroid dienone is 1. The van der Waals surface area contributed by atoms with Crippen molar-refractivity contribution in [2.24, 2.45) is 0 Å². The number of halogens is 2. The number of rotatable bonds is 4. The van der Waals surface area contributed by atoms with Gasteiger partial charge in [-0.1, -0.05) is 43.7 Å². The fourth-order valence-electron chi connectivity index (χ4n) is 2.98. The predicted molar refractivity (Wildman–Crippen MR) is 93.4 cm³/mol. The first-order valence-corrected chi connectivity index (χ1v) is 8.36. The van der Waals surface area contributed by atoms with Crippen LogP contribution in [0.2, 0.25) is 0 Å². The Morgan fingerprint density at radius 2 is 1.96 bits per heavy atom. The number of likely N-dealkylation sites (tertiary alicyclic amines) is 1. The van der Waals surface area contributed by atoms with Crippen LogP contribution in [0, 0.1) is 0 Å². The maximum Gasteiger partial charge on any atom is 0.267 e. The number of carbonyl (C=O) groups excluding carboxylic acids is 1. The standard InChI is InChI=1S/C20H21F2NO/c1-2-3-4-5-15-6-7-17-13-18(9-8-16(17)12-15)19(24)23-11-10-20(21,22)14-23/h4-9,12-13H,2-3,10-11,14H2,1H3/b5-4+. The lowest BCUT2D eigenvalue weighted by atomic mass is 10.0. The molecule has 0 spiro atoms. The molecule has 1 heterocycles. The first kappa shape index (κ1) is 16.6. The Morgan fingerprint density at radius 3 is 2.67 bits per heavy atom. The van der Waals surface area contributed by atoms with E-state index in [1.807, 2.05) is 18.2 Å². The number of amides is 1. The molecule has 0 saturated carbocycles. The third kappa shape index (κ3) is 3.64. The molecule has 24 heavy (non-hydrogen) atoms. The van der Waals surface area contributed by atoms with E-state index in [2.05, 4.69) is 25.1 Å². The van der Waals surface area contributed by atoms with Crippen molar-refractivity contribution in [3.63, 3.8) is 0 Å². The number of unbranched alkanes of at least 4 members (excludes halogenated alkanes) is 1. The molecule has 1 aliphatic rings. The smallest absolute Gasteiger partial charge is 0.267 e. The van der Waals surface area contributed by atoms with Gasteiger partial charge in [0.2, 0.25) is 0 Å². The third-order valence-electron chi connectivity index (χ3n) is 4.33. The summed E-state index contributed by atoms with van der Waals surface area (Å²) in [6, 6.07) is 11.4. The van der Waals surface area contributed by atoms with E-state index in [1.54, 1.807) is 12.1 Å². The van der Waals surface area contributed by atoms with Gasteiger partial charge in [0.25, 0.3) is 11.8 Å². The van der Waals surface area contributed by atoms with Gasteiger partial charge in [0.15, 0.2) is 0 Å². The summed E-state index contributed by atoms with van der Waals surface area (Å²) in [4.78, 5) is 13.6. The molecule has 1 amide bonds. The van der Waals surface area contributed by atoms with Gasteiger partial charge in [-0.25, -0.2) is 8.78 Å². The fraction of sp³-hybridized carbons (Fsp3) is 0.350. The number of hydrogen-bond donors (Lipinski definition) is 0. The number of nitrogens with zero attached hydrogens (tertiary/aromatic N) is 1. The molecule has 1 fully saturated rings. The van der Waals surface area contributed by atoms with E-state index in [4.69, 9.17) is 0 Å². The van der Waals surface area contributed by atoms with Crippen molar-refractivity contribution in [2.45, 2.75) is 32.1 Å². The van der Waals surface area contributed by atoms with Gasteiger partial charge in [0.1, 0.15) is 0 Å². The molecule has 1 saturated heterocycles. The molecular weight excluding hydrogens is 308 g/mol. The van der Waals surface area contributed by atoms with Gasteiger partial charge in [-0.15, -0.1) is 0 Å². The molecule has 3 rings (SSSR count). The lowest BCUT2D eigenvalue weighted by Gasteiger charge is -2.16. The first-order valence-electron chi connectivity index (χ1n) is 8.36. The summed E-state index contributed by atoms with van der Waals surface area (Å²) in [5.41, 5.74) is 1.59. The highest BCUT2D eigenvalue weighted by molar-refractivity contribution is 5.99. The monoisotopic (exact) mass is 329 g/mol. The van der Waals surface area contributed by atoms with Crippen molar-refractivity contribution >= 4 is 22.8 Å². The molecule has 0 aliphatic carbocycles. The first-order chi connectivity index (χ1) is 11.5. The maximum atomic E-state index is 13.3. The predicted octanol–water partition coefficient (Wildman–Crippen LogP) is 5.13. The van der Waals surface area contributed by atoms with Crippen LogP contribution in [-0.2, 0) is 0 Å². The number of alkyl halides is 2. The van der Waals surface area contributed by atoms with E-state index < -0.39 is 12.5 Å². The summed E-state index contributed by atoms with van der Waals surface area (Å²) >= 11 is 0. The minimum atomic E-state index is -2.76. The molecule has 0 unspecified atom stereocenters. The van der Waals surface area contributed by atoms with Gasteiger partial charge < -0.3 is 4.90 Å². The molecule has 126 valence electrons. The summed E-state index contributed by atoms with van der Waals surface area (Å²) in [6.45, 7) is 1.77. The molecule has 4 heteroatoms. The topological polar surface area (TPSA) is 20.3 Å². The second kappa shape index (κ2) is 6.71. The Balaban J connectivity index is 1.81. The quantitative estimate of drug-likeness (QED) is 0.761. The highest BCUT2D eigenvalue weighted by Gasteiger charge is 2.40. The van der Waals surface area contributed by atoms with Gasteiger partial charge in [0.05, 0.1) is 6.54 Å². The zero-order valence-corrected chi connectivity index (χ0v) is 13.8. The van der Waals surface area contributed by atoms with Crippen molar-refractivity contribution in [2.75, 3.05) is 13.1 Å². The average Bonchev–Trinajstić information content (AvgIpc) is 2.94. The molecule has 0 radical (unpaired) electrons. The van der Waals surface area contributed by atoms with Gasteiger partial charge in [-0.2, -0.15) is 0 Å². The van der Waals surface area contributed by atoms with Gasteiger partial charge in [-0.05, 0) is 41.0 Å². The zero-order chi connectivity index (χ0) is 17.2. The van der Waals surface area contributed by atoms with Crippen molar-refractivity contribution < 1.29 is 13.6 Å². The second-order valence-electron chi connectivity index (χ2n) is 6.35. The molecule has 2 nitrogen and oxygen atoms in total. The summed E-state index contributed by atoms with van der Waals surface area (Å²) in [5, 5.41) is 1.98. The molecule has 0 bridgehead atoms. The lowest BCUT2D eigenvalue weighted by molar-refractivity contribution is 0.0120. The number of benzene rings is 2. The number of carbonyl (C=O) groups is 1. The van der Waals surface area contributed by atoms with Crippen molar-refractivity contribution in [1.82, 2.24) is 4.90 Å². The van der Waals surface area contributed by atoms with Crippen molar-refractivity contribution in [3.8, 4) is 0 Å². The van der Waals surface area contributed by atoms with E-state index >= 15 is 0 Å². The second-order valence-corrected chi connectivity index (χ2v) is 6.35. The normalized spacial score (nSPS) is 17.0. The molecular formula is C20H21F2NO. The van der Waals surface area contributed by atoms with Gasteiger partial charge in [-0.3, -0.25) is 4.79 Å². The maximum absolute atomic E-state index is 13.3. The Bertz CT molecular complexity index is 782. The highest BCUT2D eigenvalue weighted by Crippen LogP contribution is 2.28. The van der Waals surface area contributed by atoms with Crippen molar-refractivity contribution in [3.05, 3.63) is 53.6 Å². The van der Waals surface area contributed by atoms with Crippen LogP contribution >= 0.6 is 0 Å². The van der Waals surface area contributed by atoms with E-state index in [9.17, 15) is 13.6 Å². The molecule has 0 N–H and O–H groups in total. The Kier molecular flexibility index (Phi) is 4.65. The van der Waals surface area contributed by atoms with E-state index in [0.29, 0.717) is 5.56 Å². The van der Waals surface area contributed by atoms with Crippen LogP contribution in [0.4, 0.5) is 8.78 Å². The summed E-state index contributed by atoms with van der Waals surface area (Å²) in [7, 11) is 0. The van der Waals surface area contributed by atoms with Crippen LogP contribution in [0.25, 0.3) is 16.8 Å². The van der Waals surface area contributed by atoms with Crippen LogP contribution in [0.1, 0.15) is 42.1 Å². The van der Waals surface area contributed by atoms with E-state index in [-0.39, 0.29) is 18.9 Å². The third-order valence-corrected chi connectivity index (χ3v) is 4.33. The largest absolute Gasteiger partial charge is 0.332 e. The van der Waals surface area contributed by atoms with E-state index in [1.165, 1.54) is 4.90 Å². The molecule has 2 aromatic rings. The summed E-state index contributed by atoms with van der Waals surface area (Å²) < 4.78 is 26.6. The summed E-state index contributed by atoms with van der Waals surface area (Å²) in [6.07, 6.45) is 6.15. The highest BCUT2D eigenvalue weighted by atomic mass is 19.3. The van der Waals surface area contributed by atoms with Gasteiger partial charge >= 0.3 is 0 Å². The van der Waals surface area contributed by atoms with Crippen LogP contribution in [0.15, 0.2) is 42.5 Å².